The number of carbonyl (C=O) groups is 1. The topological polar surface area (TPSA) is 102 Å². The largest absolute Gasteiger partial charge is 0.479 e. The summed E-state index contributed by atoms with van der Waals surface area (Å²) in [5, 5.41) is 3.25. The van der Waals surface area contributed by atoms with Crippen molar-refractivity contribution < 1.29 is 14.3 Å². The predicted octanol–water partition coefficient (Wildman–Crippen LogP) is 2.48. The molecule has 128 valence electrons. The molecular formula is C16H15N5O3S. The van der Waals surface area contributed by atoms with Crippen LogP contribution in [0.25, 0.3) is 15.8 Å². The van der Waals surface area contributed by atoms with Crippen molar-refractivity contribution >= 4 is 38.2 Å². The molecule has 0 bridgehead atoms. The van der Waals surface area contributed by atoms with E-state index in [1.165, 1.54) is 29.4 Å². The quantitative estimate of drug-likeness (QED) is 0.744. The fourth-order valence-electron chi connectivity index (χ4n) is 2.64. The van der Waals surface area contributed by atoms with Crippen LogP contribution >= 0.6 is 11.3 Å². The first-order valence-electron chi connectivity index (χ1n) is 7.67. The van der Waals surface area contributed by atoms with E-state index in [0.717, 1.165) is 16.7 Å². The first-order valence-corrected chi connectivity index (χ1v) is 8.48. The van der Waals surface area contributed by atoms with Gasteiger partial charge < -0.3 is 14.5 Å². The molecule has 0 aromatic carbocycles. The highest BCUT2D eigenvalue weighted by molar-refractivity contribution is 7.22. The van der Waals surface area contributed by atoms with Gasteiger partial charge in [-0.1, -0.05) is 17.4 Å². The monoisotopic (exact) mass is 357 g/mol. The van der Waals surface area contributed by atoms with Crippen LogP contribution in [0, 0.1) is 0 Å². The van der Waals surface area contributed by atoms with E-state index in [0.29, 0.717) is 35.4 Å². The van der Waals surface area contributed by atoms with Crippen LogP contribution in [0.1, 0.15) is 22.5 Å². The van der Waals surface area contributed by atoms with E-state index in [9.17, 15) is 4.79 Å². The molecule has 0 saturated carbocycles. The van der Waals surface area contributed by atoms with Crippen molar-refractivity contribution in [1.82, 2.24) is 19.9 Å². The van der Waals surface area contributed by atoms with Gasteiger partial charge >= 0.3 is 0 Å². The highest BCUT2D eigenvalue weighted by atomic mass is 32.1. The zero-order valence-electron chi connectivity index (χ0n) is 13.4. The molecule has 2 N–H and O–H groups in total. The minimum atomic E-state index is -0.320. The number of amides is 1. The first-order chi connectivity index (χ1) is 12.3. The van der Waals surface area contributed by atoms with Crippen molar-refractivity contribution in [3.63, 3.8) is 0 Å². The highest BCUT2D eigenvalue weighted by Gasteiger charge is 2.19. The molecular weight excluding hydrogens is 342 g/mol. The van der Waals surface area contributed by atoms with Gasteiger partial charge in [-0.3, -0.25) is 10.1 Å². The number of H-pyrrole nitrogens is 1. The Labute approximate surface area is 146 Å². The van der Waals surface area contributed by atoms with Crippen LogP contribution in [0.3, 0.4) is 0 Å². The van der Waals surface area contributed by atoms with E-state index in [-0.39, 0.29) is 5.91 Å². The molecule has 1 aliphatic heterocycles. The number of nitrogens with zero attached hydrogens (tertiary/aromatic N) is 3. The number of rotatable bonds is 4. The summed E-state index contributed by atoms with van der Waals surface area (Å²) in [6, 6.07) is 0. The van der Waals surface area contributed by atoms with E-state index in [2.05, 4.69) is 25.3 Å². The Hall–Kier alpha value is -2.78. The number of hydrogen-bond acceptors (Lipinski definition) is 7. The zero-order valence-corrected chi connectivity index (χ0v) is 14.2. The van der Waals surface area contributed by atoms with Crippen molar-refractivity contribution in [2.24, 2.45) is 0 Å². The smallest absolute Gasteiger partial charge is 0.277 e. The molecule has 0 aliphatic carbocycles. The fourth-order valence-corrected chi connectivity index (χ4v) is 3.64. The van der Waals surface area contributed by atoms with Crippen LogP contribution < -0.4 is 10.1 Å². The molecule has 0 fully saturated rings. The Morgan fingerprint density at radius 2 is 2.36 bits per heavy atom. The van der Waals surface area contributed by atoms with Crippen molar-refractivity contribution in [3.8, 4) is 5.88 Å². The lowest BCUT2D eigenvalue weighted by atomic mass is 10.0. The number of aromatic nitrogens is 4. The zero-order chi connectivity index (χ0) is 17.2. The number of imidazole rings is 1. The molecule has 1 aliphatic rings. The Balaban J connectivity index is 1.75. The molecule has 9 heteroatoms. The van der Waals surface area contributed by atoms with Gasteiger partial charge in [-0.05, 0) is 12.0 Å². The Morgan fingerprint density at radius 3 is 3.08 bits per heavy atom. The number of aromatic amines is 1. The second kappa shape index (κ2) is 6.61. The fraction of sp³-hybridized carbons (Fsp3) is 0.250. The van der Waals surface area contributed by atoms with E-state index in [1.807, 2.05) is 6.08 Å². The highest BCUT2D eigenvalue weighted by Crippen LogP contribution is 2.37. The van der Waals surface area contributed by atoms with Crippen molar-refractivity contribution in [2.45, 2.75) is 6.42 Å². The number of anilines is 1. The standard InChI is InChI=1S/C16H15N5O3S/c1-23-15-12-13(10(6-18-15)9-2-4-24-5-3-9)25-16(20-12)21-14(22)11-7-17-8-19-11/h2,6-8H,3-5H2,1H3,(H,17,19)(H,20,21,22). The summed E-state index contributed by atoms with van der Waals surface area (Å²) in [6.45, 7) is 1.27. The molecule has 0 unspecified atom stereocenters. The number of hydrogen-bond donors (Lipinski definition) is 2. The average molecular weight is 357 g/mol. The van der Waals surface area contributed by atoms with E-state index >= 15 is 0 Å². The summed E-state index contributed by atoms with van der Waals surface area (Å²) >= 11 is 1.39. The number of pyridine rings is 1. The number of fused-ring (bicyclic) bond motifs is 1. The summed E-state index contributed by atoms with van der Waals surface area (Å²) in [5.41, 5.74) is 3.10. The molecule has 25 heavy (non-hydrogen) atoms. The van der Waals surface area contributed by atoms with E-state index in [4.69, 9.17) is 9.47 Å². The average Bonchev–Trinajstić information content (AvgIpc) is 3.31. The number of thiazole rings is 1. The molecule has 8 nitrogen and oxygen atoms in total. The molecule has 3 aromatic rings. The molecule has 0 saturated heterocycles. The molecule has 1 amide bonds. The third-order valence-electron chi connectivity index (χ3n) is 3.84. The van der Waals surface area contributed by atoms with Gasteiger partial charge in [0.15, 0.2) is 5.13 Å². The number of carbonyl (C=O) groups excluding carboxylic acids is 1. The maximum absolute atomic E-state index is 12.2. The summed E-state index contributed by atoms with van der Waals surface area (Å²) in [6.07, 6.45) is 7.64. The second-order valence-corrected chi connectivity index (χ2v) is 6.34. The van der Waals surface area contributed by atoms with Crippen molar-refractivity contribution in [1.29, 1.82) is 0 Å². The normalized spacial score (nSPS) is 14.4. The van der Waals surface area contributed by atoms with Gasteiger partial charge in [-0.15, -0.1) is 0 Å². The van der Waals surface area contributed by atoms with E-state index < -0.39 is 0 Å². The Bertz CT molecular complexity index is 948. The predicted molar refractivity (Wildman–Crippen MR) is 93.9 cm³/mol. The molecule has 4 rings (SSSR count). The lowest BCUT2D eigenvalue weighted by Gasteiger charge is -2.14. The summed E-state index contributed by atoms with van der Waals surface area (Å²) in [5.74, 6) is 0.113. The molecule has 4 heterocycles. The van der Waals surface area contributed by atoms with Crippen LogP contribution in [0.15, 0.2) is 24.8 Å². The second-order valence-electron chi connectivity index (χ2n) is 5.34. The van der Waals surface area contributed by atoms with E-state index in [1.54, 1.807) is 13.3 Å². The third kappa shape index (κ3) is 2.99. The number of methoxy groups -OCH3 is 1. The summed E-state index contributed by atoms with van der Waals surface area (Å²) in [4.78, 5) is 27.7. The molecule has 0 spiro atoms. The van der Waals surface area contributed by atoms with Gasteiger partial charge in [0.05, 0.1) is 31.4 Å². The van der Waals surface area contributed by atoms with Crippen LogP contribution in [-0.4, -0.2) is 46.2 Å². The van der Waals surface area contributed by atoms with Crippen LogP contribution in [0.4, 0.5) is 5.13 Å². The minimum absolute atomic E-state index is 0.303. The van der Waals surface area contributed by atoms with Crippen LogP contribution in [-0.2, 0) is 4.74 Å². The summed E-state index contributed by atoms with van der Waals surface area (Å²) < 4.78 is 11.6. The van der Waals surface area contributed by atoms with Gasteiger partial charge in [-0.25, -0.2) is 15.0 Å². The maximum Gasteiger partial charge on any atom is 0.277 e. The lowest BCUT2D eigenvalue weighted by molar-refractivity contribution is 0.102. The molecule has 0 atom stereocenters. The van der Waals surface area contributed by atoms with Crippen LogP contribution in [0.5, 0.6) is 5.88 Å². The van der Waals surface area contributed by atoms with Gasteiger partial charge in [-0.2, -0.15) is 0 Å². The number of nitrogens with one attached hydrogen (secondary N) is 2. The lowest BCUT2D eigenvalue weighted by Crippen LogP contribution is -2.11. The van der Waals surface area contributed by atoms with Crippen molar-refractivity contribution in [3.05, 3.63) is 36.1 Å². The van der Waals surface area contributed by atoms with Gasteiger partial charge in [0.2, 0.25) is 5.88 Å². The number of ether oxygens (including phenoxy) is 2. The Kier molecular flexibility index (Phi) is 4.16. The van der Waals surface area contributed by atoms with Gasteiger partial charge in [0, 0.05) is 18.0 Å². The maximum atomic E-state index is 12.2. The van der Waals surface area contributed by atoms with Gasteiger partial charge in [0.1, 0.15) is 11.2 Å². The Morgan fingerprint density at radius 1 is 1.44 bits per heavy atom. The van der Waals surface area contributed by atoms with Crippen LogP contribution in [0.2, 0.25) is 0 Å². The minimum Gasteiger partial charge on any atom is -0.479 e. The first kappa shape index (κ1) is 15.7. The SMILES string of the molecule is COc1ncc(C2=CCOCC2)c2sc(NC(=O)c3c[nH]cn3)nc12. The molecule has 3 aromatic heterocycles. The van der Waals surface area contributed by atoms with Crippen molar-refractivity contribution in [2.75, 3.05) is 25.6 Å². The van der Waals surface area contributed by atoms with Gasteiger partial charge in [0.25, 0.3) is 5.91 Å². The molecule has 0 radical (unpaired) electrons. The third-order valence-corrected chi connectivity index (χ3v) is 4.84. The summed E-state index contributed by atoms with van der Waals surface area (Å²) in [7, 11) is 1.55.